The van der Waals surface area contributed by atoms with E-state index in [1.54, 1.807) is 7.11 Å². The molecule has 1 atom stereocenters. The first-order valence-electron chi connectivity index (χ1n) is 6.28. The average Bonchev–Trinajstić information content (AvgIpc) is 2.39. The number of carboxylic acids is 1. The molecular formula is C14H19NO3. The number of piperidine rings is 1. The number of carbonyl (C=O) groups is 1. The highest BCUT2D eigenvalue weighted by Crippen LogP contribution is 2.34. The van der Waals surface area contributed by atoms with Crippen molar-refractivity contribution in [2.45, 2.75) is 31.2 Å². The van der Waals surface area contributed by atoms with Crippen LogP contribution < -0.4 is 10.1 Å². The van der Waals surface area contributed by atoms with Gasteiger partial charge in [0.25, 0.3) is 0 Å². The molecule has 1 aromatic rings. The molecule has 1 aliphatic rings. The second kappa shape index (κ2) is 5.40. The van der Waals surface area contributed by atoms with Crippen LogP contribution in [-0.4, -0.2) is 24.7 Å². The SMILES string of the molecule is COc1ccc(C2(CC(=O)O)CCCCN2)cc1. The first-order valence-corrected chi connectivity index (χ1v) is 6.28. The highest BCUT2D eigenvalue weighted by atomic mass is 16.5. The van der Waals surface area contributed by atoms with Gasteiger partial charge in [0, 0.05) is 0 Å². The van der Waals surface area contributed by atoms with Crippen LogP contribution in [0.4, 0.5) is 0 Å². The molecule has 0 radical (unpaired) electrons. The molecule has 2 N–H and O–H groups in total. The van der Waals surface area contributed by atoms with Crippen molar-refractivity contribution in [2.75, 3.05) is 13.7 Å². The molecule has 98 valence electrons. The number of hydrogen-bond acceptors (Lipinski definition) is 3. The molecule has 0 spiro atoms. The van der Waals surface area contributed by atoms with E-state index in [-0.39, 0.29) is 6.42 Å². The molecule has 1 saturated heterocycles. The lowest BCUT2D eigenvalue weighted by Gasteiger charge is -2.38. The van der Waals surface area contributed by atoms with E-state index in [0.29, 0.717) is 0 Å². The summed E-state index contributed by atoms with van der Waals surface area (Å²) in [6, 6.07) is 7.69. The Morgan fingerprint density at radius 1 is 1.39 bits per heavy atom. The molecule has 1 aliphatic heterocycles. The molecule has 0 saturated carbocycles. The van der Waals surface area contributed by atoms with Gasteiger partial charge in [0.15, 0.2) is 0 Å². The summed E-state index contributed by atoms with van der Waals surface area (Å²) in [4.78, 5) is 11.1. The van der Waals surface area contributed by atoms with Gasteiger partial charge >= 0.3 is 5.97 Å². The van der Waals surface area contributed by atoms with Crippen LogP contribution in [0.3, 0.4) is 0 Å². The number of ether oxygens (including phenoxy) is 1. The molecule has 2 rings (SSSR count). The molecule has 0 aromatic heterocycles. The van der Waals surface area contributed by atoms with Gasteiger partial charge in [0.2, 0.25) is 0 Å². The Balaban J connectivity index is 2.29. The largest absolute Gasteiger partial charge is 0.497 e. The molecule has 4 heteroatoms. The van der Waals surface area contributed by atoms with Gasteiger partial charge in [-0.1, -0.05) is 12.1 Å². The van der Waals surface area contributed by atoms with Crippen molar-refractivity contribution in [1.29, 1.82) is 0 Å². The quantitative estimate of drug-likeness (QED) is 0.858. The molecule has 1 heterocycles. The third kappa shape index (κ3) is 2.64. The number of rotatable bonds is 4. The number of methoxy groups -OCH3 is 1. The van der Waals surface area contributed by atoms with E-state index in [1.807, 2.05) is 24.3 Å². The van der Waals surface area contributed by atoms with Crippen LogP contribution in [0.1, 0.15) is 31.2 Å². The zero-order valence-corrected chi connectivity index (χ0v) is 10.6. The fourth-order valence-corrected chi connectivity index (χ4v) is 2.64. The fourth-order valence-electron chi connectivity index (χ4n) is 2.64. The van der Waals surface area contributed by atoms with E-state index >= 15 is 0 Å². The Morgan fingerprint density at radius 2 is 2.11 bits per heavy atom. The first kappa shape index (κ1) is 12.9. The third-order valence-electron chi connectivity index (χ3n) is 3.59. The highest BCUT2D eigenvalue weighted by Gasteiger charge is 2.35. The Labute approximate surface area is 107 Å². The predicted molar refractivity (Wildman–Crippen MR) is 68.8 cm³/mol. The van der Waals surface area contributed by atoms with Crippen molar-refractivity contribution in [1.82, 2.24) is 5.32 Å². The Morgan fingerprint density at radius 3 is 2.61 bits per heavy atom. The van der Waals surface area contributed by atoms with Crippen molar-refractivity contribution in [3.05, 3.63) is 29.8 Å². The Bertz CT molecular complexity index is 408. The summed E-state index contributed by atoms with van der Waals surface area (Å²) in [6.45, 7) is 0.874. The van der Waals surface area contributed by atoms with Gasteiger partial charge in [-0.3, -0.25) is 4.79 Å². The van der Waals surface area contributed by atoms with Gasteiger partial charge in [-0.05, 0) is 43.5 Å². The summed E-state index contributed by atoms with van der Waals surface area (Å²) in [5.74, 6) is 0.0280. The van der Waals surface area contributed by atoms with Gasteiger partial charge in [-0.15, -0.1) is 0 Å². The highest BCUT2D eigenvalue weighted by molar-refractivity contribution is 5.69. The molecule has 0 amide bonds. The predicted octanol–water partition coefficient (Wildman–Crippen LogP) is 2.14. The van der Waals surface area contributed by atoms with Gasteiger partial charge in [-0.25, -0.2) is 0 Å². The summed E-state index contributed by atoms with van der Waals surface area (Å²) < 4.78 is 5.13. The average molecular weight is 249 g/mol. The van der Waals surface area contributed by atoms with Crippen LogP contribution in [0.2, 0.25) is 0 Å². The minimum Gasteiger partial charge on any atom is -0.497 e. The molecular weight excluding hydrogens is 230 g/mol. The van der Waals surface area contributed by atoms with Crippen LogP contribution in [0.15, 0.2) is 24.3 Å². The second-order valence-electron chi connectivity index (χ2n) is 4.77. The summed E-state index contributed by atoms with van der Waals surface area (Å²) in [6.07, 6.45) is 3.16. The number of hydrogen-bond donors (Lipinski definition) is 2. The van der Waals surface area contributed by atoms with Crippen LogP contribution in [0.5, 0.6) is 5.75 Å². The van der Waals surface area contributed by atoms with Crippen molar-refractivity contribution >= 4 is 5.97 Å². The monoisotopic (exact) mass is 249 g/mol. The van der Waals surface area contributed by atoms with Crippen LogP contribution in [0, 0.1) is 0 Å². The number of benzene rings is 1. The van der Waals surface area contributed by atoms with Gasteiger partial charge < -0.3 is 15.2 Å². The van der Waals surface area contributed by atoms with E-state index in [2.05, 4.69) is 5.32 Å². The zero-order valence-electron chi connectivity index (χ0n) is 10.6. The van der Waals surface area contributed by atoms with Gasteiger partial charge in [0.05, 0.1) is 19.1 Å². The molecule has 0 aliphatic carbocycles. The van der Waals surface area contributed by atoms with E-state index in [9.17, 15) is 4.79 Å². The first-order chi connectivity index (χ1) is 8.66. The summed E-state index contributed by atoms with van der Waals surface area (Å²) >= 11 is 0. The maximum absolute atomic E-state index is 11.1. The molecule has 1 unspecified atom stereocenters. The minimum atomic E-state index is -0.764. The van der Waals surface area contributed by atoms with Crippen molar-refractivity contribution in [3.8, 4) is 5.75 Å². The maximum Gasteiger partial charge on any atom is 0.305 e. The topological polar surface area (TPSA) is 58.6 Å². The number of nitrogens with one attached hydrogen (secondary N) is 1. The van der Waals surface area contributed by atoms with E-state index in [1.165, 1.54) is 0 Å². The van der Waals surface area contributed by atoms with E-state index in [4.69, 9.17) is 9.84 Å². The molecule has 4 nitrogen and oxygen atoms in total. The van der Waals surface area contributed by atoms with Crippen LogP contribution >= 0.6 is 0 Å². The second-order valence-corrected chi connectivity index (χ2v) is 4.77. The van der Waals surface area contributed by atoms with Crippen molar-refractivity contribution in [2.24, 2.45) is 0 Å². The lowest BCUT2D eigenvalue weighted by atomic mass is 9.79. The van der Waals surface area contributed by atoms with Crippen molar-refractivity contribution in [3.63, 3.8) is 0 Å². The lowest BCUT2D eigenvalue weighted by molar-refractivity contribution is -0.139. The third-order valence-corrected chi connectivity index (χ3v) is 3.59. The van der Waals surface area contributed by atoms with Crippen LogP contribution in [0.25, 0.3) is 0 Å². The standard InChI is InChI=1S/C14H19NO3/c1-18-12-6-4-11(5-7-12)14(10-13(16)17)8-2-3-9-15-14/h4-7,15H,2-3,8-10H2,1H3,(H,16,17). The smallest absolute Gasteiger partial charge is 0.305 e. The summed E-state index contributed by atoms with van der Waals surface area (Å²) in [7, 11) is 1.63. The fraction of sp³-hybridized carbons (Fsp3) is 0.500. The van der Waals surface area contributed by atoms with Crippen molar-refractivity contribution < 1.29 is 14.6 Å². The molecule has 1 fully saturated rings. The lowest BCUT2D eigenvalue weighted by Crippen LogP contribution is -2.47. The van der Waals surface area contributed by atoms with E-state index in [0.717, 1.165) is 37.1 Å². The number of aliphatic carboxylic acids is 1. The number of carboxylic acid groups (broad SMARTS) is 1. The summed E-state index contributed by atoms with van der Waals surface area (Å²) in [5, 5.41) is 12.5. The molecule has 18 heavy (non-hydrogen) atoms. The van der Waals surface area contributed by atoms with Gasteiger partial charge in [-0.2, -0.15) is 0 Å². The Kier molecular flexibility index (Phi) is 3.87. The van der Waals surface area contributed by atoms with Crippen LogP contribution in [-0.2, 0) is 10.3 Å². The zero-order chi connectivity index (χ0) is 13.0. The Hall–Kier alpha value is -1.55. The van der Waals surface area contributed by atoms with E-state index < -0.39 is 11.5 Å². The maximum atomic E-state index is 11.1. The molecule has 0 bridgehead atoms. The minimum absolute atomic E-state index is 0.124. The molecule has 1 aromatic carbocycles. The normalized spacial score (nSPS) is 23.6. The summed E-state index contributed by atoms with van der Waals surface area (Å²) in [5.41, 5.74) is 0.612. The van der Waals surface area contributed by atoms with Gasteiger partial charge in [0.1, 0.15) is 5.75 Å².